The molecule has 0 spiro atoms. The van der Waals surface area contributed by atoms with Crippen LogP contribution in [-0.2, 0) is 19.5 Å². The van der Waals surface area contributed by atoms with E-state index < -0.39 is 5.82 Å². The number of rotatable bonds is 3. The quantitative estimate of drug-likeness (QED) is 0.551. The third-order valence-electron chi connectivity index (χ3n) is 5.08. The van der Waals surface area contributed by atoms with Crippen LogP contribution in [-0.4, -0.2) is 23.1 Å². The average Bonchev–Trinajstić information content (AvgIpc) is 2.90. The van der Waals surface area contributed by atoms with Crippen molar-refractivity contribution >= 4 is 39.7 Å². The van der Waals surface area contributed by atoms with Gasteiger partial charge in [0.25, 0.3) is 0 Å². The molecule has 134 valence electrons. The number of halogens is 3. The highest BCUT2D eigenvalue weighted by Gasteiger charge is 2.23. The van der Waals surface area contributed by atoms with Crippen LogP contribution in [0.3, 0.4) is 0 Å². The van der Waals surface area contributed by atoms with E-state index >= 15 is 0 Å². The van der Waals surface area contributed by atoms with E-state index in [9.17, 15) is 4.39 Å². The third kappa shape index (κ3) is 3.05. The minimum Gasteiger partial charge on any atom is -0.340 e. The van der Waals surface area contributed by atoms with E-state index in [1.54, 1.807) is 12.1 Å². The molecule has 4 rings (SSSR count). The summed E-state index contributed by atoms with van der Waals surface area (Å²) < 4.78 is 15.8. The molecule has 5 heteroatoms. The first-order chi connectivity index (χ1) is 12.4. The number of hydrogen-bond acceptors (Lipinski definition) is 1. The van der Waals surface area contributed by atoms with Gasteiger partial charge in [-0.15, -0.1) is 0 Å². The van der Waals surface area contributed by atoms with E-state index in [0.717, 1.165) is 41.2 Å². The van der Waals surface area contributed by atoms with Gasteiger partial charge in [0.05, 0.1) is 5.02 Å². The third-order valence-corrected chi connectivity index (χ3v) is 5.61. The molecule has 26 heavy (non-hydrogen) atoms. The standard InChI is InChI=1S/C21H19Cl2FN2/c1-13(14-3-5-19(24)18(23)9-14)11-26-20-6-4-15(22)10-16(20)17-12-25(2)8-7-21(17)26/h3-6,9-10H,1,7-8,11-12H2,2H3. The maximum absolute atomic E-state index is 13.5. The predicted molar refractivity (Wildman–Crippen MR) is 107 cm³/mol. The van der Waals surface area contributed by atoms with E-state index in [1.165, 1.54) is 22.7 Å². The lowest BCUT2D eigenvalue weighted by atomic mass is 10.0. The number of nitrogens with zero attached hydrogens (tertiary/aromatic N) is 2. The van der Waals surface area contributed by atoms with Crippen LogP contribution < -0.4 is 0 Å². The molecule has 0 unspecified atom stereocenters. The van der Waals surface area contributed by atoms with Gasteiger partial charge in [0.2, 0.25) is 0 Å². The molecule has 0 N–H and O–H groups in total. The van der Waals surface area contributed by atoms with Crippen LogP contribution in [0.4, 0.5) is 4.39 Å². The van der Waals surface area contributed by atoms with Gasteiger partial charge in [0.1, 0.15) is 5.82 Å². The van der Waals surface area contributed by atoms with Gasteiger partial charge in [-0.3, -0.25) is 0 Å². The molecule has 0 saturated carbocycles. The van der Waals surface area contributed by atoms with Gasteiger partial charge in [0, 0.05) is 47.7 Å². The second-order valence-electron chi connectivity index (χ2n) is 6.89. The lowest BCUT2D eigenvalue weighted by Gasteiger charge is -2.24. The van der Waals surface area contributed by atoms with Crippen LogP contribution in [0.15, 0.2) is 43.0 Å². The number of benzene rings is 2. The highest BCUT2D eigenvalue weighted by atomic mass is 35.5. The number of aromatic nitrogens is 1. The maximum atomic E-state index is 13.5. The van der Waals surface area contributed by atoms with Crippen molar-refractivity contribution in [3.05, 3.63) is 75.7 Å². The Labute approximate surface area is 162 Å². The van der Waals surface area contributed by atoms with Crippen molar-refractivity contribution in [3.63, 3.8) is 0 Å². The Hall–Kier alpha value is -1.81. The summed E-state index contributed by atoms with van der Waals surface area (Å²) >= 11 is 12.2. The molecule has 1 aromatic heterocycles. The first-order valence-corrected chi connectivity index (χ1v) is 9.31. The van der Waals surface area contributed by atoms with Crippen molar-refractivity contribution in [2.45, 2.75) is 19.5 Å². The summed E-state index contributed by atoms with van der Waals surface area (Å²) in [6.07, 6.45) is 0.982. The van der Waals surface area contributed by atoms with Crippen molar-refractivity contribution in [2.75, 3.05) is 13.6 Å². The summed E-state index contributed by atoms with van der Waals surface area (Å²) in [6.45, 7) is 6.79. The molecule has 1 aliphatic rings. The Kier molecular flexibility index (Phi) is 4.55. The van der Waals surface area contributed by atoms with Crippen molar-refractivity contribution in [2.24, 2.45) is 0 Å². The zero-order valence-electron chi connectivity index (χ0n) is 14.5. The fourth-order valence-corrected chi connectivity index (χ4v) is 4.09. The summed E-state index contributed by atoms with van der Waals surface area (Å²) in [5, 5.41) is 2.07. The van der Waals surface area contributed by atoms with Crippen molar-refractivity contribution in [3.8, 4) is 0 Å². The van der Waals surface area contributed by atoms with Crippen LogP contribution in [0.25, 0.3) is 16.5 Å². The van der Waals surface area contributed by atoms with Crippen molar-refractivity contribution in [1.82, 2.24) is 9.47 Å². The molecule has 1 aliphatic heterocycles. The summed E-state index contributed by atoms with van der Waals surface area (Å²) in [5.41, 5.74) is 5.58. The molecule has 3 aromatic rings. The molecule has 2 nitrogen and oxygen atoms in total. The van der Waals surface area contributed by atoms with E-state index in [-0.39, 0.29) is 5.02 Å². The Morgan fingerprint density at radius 1 is 1.19 bits per heavy atom. The monoisotopic (exact) mass is 388 g/mol. The second-order valence-corrected chi connectivity index (χ2v) is 7.74. The smallest absolute Gasteiger partial charge is 0.141 e. The van der Waals surface area contributed by atoms with Gasteiger partial charge in [-0.2, -0.15) is 0 Å². The van der Waals surface area contributed by atoms with Crippen LogP contribution in [0.5, 0.6) is 0 Å². The summed E-state index contributed by atoms with van der Waals surface area (Å²) in [6, 6.07) is 10.8. The zero-order chi connectivity index (χ0) is 18.4. The molecular formula is C21H19Cl2FN2. The molecule has 0 saturated heterocycles. The summed E-state index contributed by atoms with van der Waals surface area (Å²) in [5.74, 6) is -0.412. The number of hydrogen-bond donors (Lipinski definition) is 0. The lowest BCUT2D eigenvalue weighted by Crippen LogP contribution is -2.27. The van der Waals surface area contributed by atoms with Gasteiger partial charge in [-0.1, -0.05) is 35.8 Å². The fraction of sp³-hybridized carbons (Fsp3) is 0.238. The predicted octanol–water partition coefficient (Wildman–Crippen LogP) is 5.79. The van der Waals surface area contributed by atoms with Gasteiger partial charge >= 0.3 is 0 Å². The summed E-state index contributed by atoms with van der Waals surface area (Å²) in [7, 11) is 2.14. The molecule has 0 radical (unpaired) electrons. The van der Waals surface area contributed by atoms with Crippen LogP contribution >= 0.6 is 23.2 Å². The molecule has 0 bridgehead atoms. The van der Waals surface area contributed by atoms with Gasteiger partial charge in [-0.25, -0.2) is 4.39 Å². The van der Waals surface area contributed by atoms with Gasteiger partial charge < -0.3 is 9.47 Å². The highest BCUT2D eigenvalue weighted by Crippen LogP contribution is 2.34. The molecule has 0 atom stereocenters. The van der Waals surface area contributed by atoms with Crippen LogP contribution in [0.2, 0.25) is 10.0 Å². The van der Waals surface area contributed by atoms with E-state index in [2.05, 4.69) is 29.2 Å². The highest BCUT2D eigenvalue weighted by molar-refractivity contribution is 6.31. The Balaban J connectivity index is 1.79. The minimum atomic E-state index is -0.412. The number of likely N-dealkylation sites (N-methyl/N-ethyl adjacent to an activating group) is 1. The molecule has 0 fully saturated rings. The Morgan fingerprint density at radius 3 is 2.77 bits per heavy atom. The Bertz CT molecular complexity index is 1020. The normalized spacial score (nSPS) is 14.6. The van der Waals surface area contributed by atoms with Crippen molar-refractivity contribution < 1.29 is 4.39 Å². The molecule has 0 amide bonds. The average molecular weight is 389 g/mol. The van der Waals surface area contributed by atoms with E-state index in [0.29, 0.717) is 6.54 Å². The zero-order valence-corrected chi connectivity index (χ0v) is 16.0. The summed E-state index contributed by atoms with van der Waals surface area (Å²) in [4.78, 5) is 2.32. The van der Waals surface area contributed by atoms with E-state index in [1.807, 2.05) is 12.1 Å². The van der Waals surface area contributed by atoms with Gasteiger partial charge in [-0.05, 0) is 54.1 Å². The van der Waals surface area contributed by atoms with Crippen LogP contribution in [0.1, 0.15) is 16.8 Å². The van der Waals surface area contributed by atoms with E-state index in [4.69, 9.17) is 23.2 Å². The Morgan fingerprint density at radius 2 is 2.00 bits per heavy atom. The molecule has 2 heterocycles. The maximum Gasteiger partial charge on any atom is 0.141 e. The lowest BCUT2D eigenvalue weighted by molar-refractivity contribution is 0.310. The molecule has 0 aliphatic carbocycles. The van der Waals surface area contributed by atoms with Crippen molar-refractivity contribution in [1.29, 1.82) is 0 Å². The second kappa shape index (κ2) is 6.73. The molecule has 2 aromatic carbocycles. The first-order valence-electron chi connectivity index (χ1n) is 8.55. The minimum absolute atomic E-state index is 0.122. The SMILES string of the molecule is C=C(Cn1c2c(c3cc(Cl)ccc31)CN(C)CC2)c1ccc(F)c(Cl)c1. The largest absolute Gasteiger partial charge is 0.340 e. The number of allylic oxidation sites excluding steroid dienone is 1. The number of fused-ring (bicyclic) bond motifs is 3. The molecular weight excluding hydrogens is 370 g/mol. The fourth-order valence-electron chi connectivity index (χ4n) is 3.74. The first kappa shape index (κ1) is 17.6. The van der Waals surface area contributed by atoms with Crippen LogP contribution in [0, 0.1) is 5.82 Å². The topological polar surface area (TPSA) is 8.17 Å². The van der Waals surface area contributed by atoms with Gasteiger partial charge in [0.15, 0.2) is 0 Å².